The van der Waals surface area contributed by atoms with Crippen molar-refractivity contribution in [2.45, 2.75) is 6.10 Å². The number of benzene rings is 2. The first kappa shape index (κ1) is 17.4. The van der Waals surface area contributed by atoms with E-state index in [1.165, 1.54) is 21.3 Å². The highest BCUT2D eigenvalue weighted by Gasteiger charge is 2.22. The number of ether oxygens (including phenoxy) is 4. The Morgan fingerprint density at radius 1 is 0.957 bits per heavy atom. The fourth-order valence-corrected chi connectivity index (χ4v) is 2.59. The van der Waals surface area contributed by atoms with Gasteiger partial charge < -0.3 is 24.1 Å². The molecule has 0 aliphatic heterocycles. The summed E-state index contributed by atoms with van der Waals surface area (Å²) >= 11 is 6.26. The highest BCUT2D eigenvalue weighted by Crippen LogP contribution is 2.42. The predicted octanol–water partition coefficient (Wildman–Crippen LogP) is 3.42. The van der Waals surface area contributed by atoms with E-state index in [1.807, 2.05) is 12.1 Å². The van der Waals surface area contributed by atoms with Crippen LogP contribution in [-0.4, -0.2) is 33.2 Å². The van der Waals surface area contributed by atoms with E-state index >= 15 is 0 Å². The zero-order chi connectivity index (χ0) is 16.8. The molecule has 6 heteroatoms. The van der Waals surface area contributed by atoms with Crippen LogP contribution in [0.5, 0.6) is 17.2 Å². The molecule has 0 aromatic heterocycles. The second-order valence-corrected chi connectivity index (χ2v) is 5.07. The van der Waals surface area contributed by atoms with E-state index in [1.54, 1.807) is 24.3 Å². The van der Waals surface area contributed by atoms with Crippen LogP contribution >= 0.6 is 11.6 Å². The van der Waals surface area contributed by atoms with Gasteiger partial charge in [-0.2, -0.15) is 0 Å². The number of hydrogen-bond donors (Lipinski definition) is 1. The van der Waals surface area contributed by atoms with E-state index in [0.29, 0.717) is 33.4 Å². The number of para-hydroxylation sites is 1. The van der Waals surface area contributed by atoms with Crippen molar-refractivity contribution in [3.8, 4) is 17.2 Å². The van der Waals surface area contributed by atoms with E-state index < -0.39 is 6.10 Å². The van der Waals surface area contributed by atoms with Crippen molar-refractivity contribution >= 4 is 11.6 Å². The van der Waals surface area contributed by atoms with Crippen molar-refractivity contribution in [3.63, 3.8) is 0 Å². The Balaban J connectivity index is 2.45. The minimum absolute atomic E-state index is 0.0875. The summed E-state index contributed by atoms with van der Waals surface area (Å²) in [6.07, 6.45) is -0.971. The number of halogens is 1. The first-order valence-corrected chi connectivity index (χ1v) is 7.30. The van der Waals surface area contributed by atoms with Gasteiger partial charge in [0, 0.05) is 18.2 Å². The molecular formula is C17H19ClO5. The Morgan fingerprint density at radius 2 is 1.70 bits per heavy atom. The van der Waals surface area contributed by atoms with E-state index in [2.05, 4.69) is 0 Å². The summed E-state index contributed by atoms with van der Waals surface area (Å²) in [5, 5.41) is 11.1. The number of aliphatic hydroxyl groups excluding tert-OH is 1. The van der Waals surface area contributed by atoms with Crippen LogP contribution in [0.1, 0.15) is 17.2 Å². The summed E-state index contributed by atoms with van der Waals surface area (Å²) < 4.78 is 20.9. The fourth-order valence-electron chi connectivity index (χ4n) is 2.26. The third-order valence-corrected chi connectivity index (χ3v) is 3.71. The molecule has 0 amide bonds. The fraction of sp³-hybridized carbons (Fsp3) is 0.294. The summed E-state index contributed by atoms with van der Waals surface area (Å²) in [6, 6.07) is 10.6. The maximum Gasteiger partial charge on any atom is 0.188 e. The average molecular weight is 339 g/mol. The van der Waals surface area contributed by atoms with Crippen LogP contribution in [0.3, 0.4) is 0 Å². The number of rotatable bonds is 7. The Morgan fingerprint density at radius 3 is 2.35 bits per heavy atom. The van der Waals surface area contributed by atoms with Gasteiger partial charge in [-0.1, -0.05) is 29.8 Å². The van der Waals surface area contributed by atoms with Gasteiger partial charge in [-0.25, -0.2) is 0 Å². The highest BCUT2D eigenvalue weighted by atomic mass is 35.5. The van der Waals surface area contributed by atoms with Crippen LogP contribution in [0.25, 0.3) is 0 Å². The van der Waals surface area contributed by atoms with E-state index in [4.69, 9.17) is 30.5 Å². The molecule has 23 heavy (non-hydrogen) atoms. The van der Waals surface area contributed by atoms with Crippen molar-refractivity contribution in [1.29, 1.82) is 0 Å². The van der Waals surface area contributed by atoms with Gasteiger partial charge in [0.2, 0.25) is 0 Å². The molecule has 2 aromatic carbocycles. The molecule has 0 aliphatic rings. The molecule has 0 radical (unpaired) electrons. The largest absolute Gasteiger partial charge is 0.495 e. The zero-order valence-electron chi connectivity index (χ0n) is 13.2. The molecule has 0 spiro atoms. The second kappa shape index (κ2) is 8.06. The summed E-state index contributed by atoms with van der Waals surface area (Å²) in [6.45, 7) is 0.0875. The zero-order valence-corrected chi connectivity index (χ0v) is 14.0. The molecule has 0 saturated heterocycles. The normalized spacial score (nSPS) is 11.9. The van der Waals surface area contributed by atoms with Crippen molar-refractivity contribution in [1.82, 2.24) is 0 Å². The third-order valence-electron chi connectivity index (χ3n) is 3.36. The molecule has 124 valence electrons. The van der Waals surface area contributed by atoms with E-state index in [-0.39, 0.29) is 6.79 Å². The van der Waals surface area contributed by atoms with Crippen LogP contribution in [0.2, 0.25) is 5.02 Å². The van der Waals surface area contributed by atoms with Gasteiger partial charge in [0.25, 0.3) is 0 Å². The summed E-state index contributed by atoms with van der Waals surface area (Å²) in [5.41, 5.74) is 1.11. The van der Waals surface area contributed by atoms with Gasteiger partial charge in [0.05, 0.1) is 14.2 Å². The Bertz CT molecular complexity index is 659. The summed E-state index contributed by atoms with van der Waals surface area (Å²) in [7, 11) is 4.54. The molecule has 0 bridgehead atoms. The van der Waals surface area contributed by atoms with Crippen LogP contribution in [0.4, 0.5) is 0 Å². The monoisotopic (exact) mass is 338 g/mol. The molecule has 0 heterocycles. The molecule has 0 saturated carbocycles. The lowest BCUT2D eigenvalue weighted by atomic mass is 9.99. The topological polar surface area (TPSA) is 57.2 Å². The average Bonchev–Trinajstić information content (AvgIpc) is 2.59. The van der Waals surface area contributed by atoms with E-state index in [0.717, 1.165) is 0 Å². The quantitative estimate of drug-likeness (QED) is 0.784. The minimum Gasteiger partial charge on any atom is -0.495 e. The van der Waals surface area contributed by atoms with Crippen molar-refractivity contribution in [3.05, 3.63) is 52.5 Å². The molecule has 0 fully saturated rings. The molecule has 0 aliphatic carbocycles. The lowest BCUT2D eigenvalue weighted by Gasteiger charge is -2.20. The Hall–Kier alpha value is -1.95. The molecule has 1 unspecified atom stereocenters. The summed E-state index contributed by atoms with van der Waals surface area (Å²) in [4.78, 5) is 0. The van der Waals surface area contributed by atoms with Crippen molar-refractivity contribution < 1.29 is 24.1 Å². The SMILES string of the molecule is COCOc1ccccc1C(O)c1ccc(OC)c(Cl)c1OC. The smallest absolute Gasteiger partial charge is 0.188 e. The van der Waals surface area contributed by atoms with Gasteiger partial charge in [-0.05, 0) is 18.2 Å². The Kier molecular flexibility index (Phi) is 6.10. The van der Waals surface area contributed by atoms with Crippen molar-refractivity contribution in [2.75, 3.05) is 28.1 Å². The van der Waals surface area contributed by atoms with E-state index in [9.17, 15) is 5.11 Å². The lowest BCUT2D eigenvalue weighted by Crippen LogP contribution is -2.07. The first-order valence-electron chi connectivity index (χ1n) is 6.93. The predicted molar refractivity (Wildman–Crippen MR) is 87.6 cm³/mol. The van der Waals surface area contributed by atoms with Crippen LogP contribution in [0.15, 0.2) is 36.4 Å². The molecule has 5 nitrogen and oxygen atoms in total. The van der Waals surface area contributed by atoms with Crippen LogP contribution < -0.4 is 14.2 Å². The molecule has 1 atom stereocenters. The minimum atomic E-state index is -0.971. The molecular weight excluding hydrogens is 320 g/mol. The first-order chi connectivity index (χ1) is 11.1. The summed E-state index contributed by atoms with van der Waals surface area (Å²) in [5.74, 6) is 1.36. The maximum atomic E-state index is 10.8. The van der Waals surface area contributed by atoms with Crippen LogP contribution in [0, 0.1) is 0 Å². The van der Waals surface area contributed by atoms with Gasteiger partial charge in [-0.3, -0.25) is 0 Å². The highest BCUT2D eigenvalue weighted by molar-refractivity contribution is 6.33. The number of methoxy groups -OCH3 is 3. The molecule has 2 aromatic rings. The van der Waals surface area contributed by atoms with Gasteiger partial charge in [0.15, 0.2) is 6.79 Å². The van der Waals surface area contributed by atoms with Gasteiger partial charge in [-0.15, -0.1) is 0 Å². The lowest BCUT2D eigenvalue weighted by molar-refractivity contribution is 0.0487. The standard InChI is InChI=1S/C17H19ClO5/c1-20-10-23-13-7-5-4-6-11(13)16(19)12-8-9-14(21-2)15(18)17(12)22-3/h4-9,16,19H,10H2,1-3H3. The van der Waals surface area contributed by atoms with Gasteiger partial charge >= 0.3 is 0 Å². The third kappa shape index (κ3) is 3.69. The Labute approximate surface area is 140 Å². The molecule has 1 N–H and O–H groups in total. The molecule has 2 rings (SSSR count). The number of aliphatic hydroxyl groups is 1. The van der Waals surface area contributed by atoms with Crippen LogP contribution in [-0.2, 0) is 4.74 Å². The second-order valence-electron chi connectivity index (χ2n) is 4.70. The maximum absolute atomic E-state index is 10.8. The van der Waals surface area contributed by atoms with Crippen molar-refractivity contribution in [2.24, 2.45) is 0 Å². The van der Waals surface area contributed by atoms with Gasteiger partial charge in [0.1, 0.15) is 28.4 Å². The number of hydrogen-bond acceptors (Lipinski definition) is 5.